The molecule has 1 saturated heterocycles. The van der Waals surface area contributed by atoms with Gasteiger partial charge in [-0.15, -0.1) is 0 Å². The summed E-state index contributed by atoms with van der Waals surface area (Å²) >= 11 is 0. The van der Waals surface area contributed by atoms with E-state index in [9.17, 15) is 0 Å². The molecule has 0 aliphatic carbocycles. The van der Waals surface area contributed by atoms with Crippen molar-refractivity contribution in [2.45, 2.75) is 12.8 Å². The highest BCUT2D eigenvalue weighted by atomic mass is 16.5. The zero-order valence-corrected chi connectivity index (χ0v) is 10.6. The Morgan fingerprint density at radius 3 is 2.83 bits per heavy atom. The lowest BCUT2D eigenvalue weighted by molar-refractivity contribution is 0.0373. The normalized spacial score (nSPS) is 17.3. The van der Waals surface area contributed by atoms with Gasteiger partial charge >= 0.3 is 0 Å². The summed E-state index contributed by atoms with van der Waals surface area (Å²) in [4.78, 5) is 2.47. The van der Waals surface area contributed by atoms with Crippen molar-refractivity contribution >= 4 is 10.8 Å². The van der Waals surface area contributed by atoms with Gasteiger partial charge in [-0.25, -0.2) is 0 Å². The van der Waals surface area contributed by atoms with Crippen LogP contribution >= 0.6 is 0 Å². The van der Waals surface area contributed by atoms with E-state index in [0.717, 1.165) is 51.4 Å². The van der Waals surface area contributed by atoms with Gasteiger partial charge in [-0.1, -0.05) is 24.3 Å². The van der Waals surface area contributed by atoms with Crippen LogP contribution in [0.1, 0.15) is 12.2 Å². The Morgan fingerprint density at radius 1 is 1.11 bits per heavy atom. The molecule has 96 valence electrons. The summed E-state index contributed by atoms with van der Waals surface area (Å²) in [6, 6.07) is 8.37. The second-order valence-corrected chi connectivity index (χ2v) is 4.80. The van der Waals surface area contributed by atoms with Gasteiger partial charge in [-0.05, 0) is 13.0 Å². The monoisotopic (exact) mass is 245 g/mol. The van der Waals surface area contributed by atoms with Crippen LogP contribution in [0.5, 0.6) is 0 Å². The Morgan fingerprint density at radius 2 is 1.94 bits per heavy atom. The lowest BCUT2D eigenvalue weighted by Gasteiger charge is -2.26. The Bertz CT molecular complexity index is 500. The minimum atomic E-state index is 0.879. The molecule has 1 aromatic heterocycles. The summed E-state index contributed by atoms with van der Waals surface area (Å²) < 4.78 is 11.0. The highest BCUT2D eigenvalue weighted by molar-refractivity contribution is 5.83. The Balaban J connectivity index is 1.56. The van der Waals surface area contributed by atoms with Gasteiger partial charge in [-0.3, -0.25) is 4.90 Å². The van der Waals surface area contributed by atoms with E-state index in [-0.39, 0.29) is 0 Å². The van der Waals surface area contributed by atoms with Crippen LogP contribution in [0.25, 0.3) is 10.8 Å². The van der Waals surface area contributed by atoms with Crippen LogP contribution in [0.2, 0.25) is 0 Å². The number of hydrogen-bond donors (Lipinski definition) is 0. The van der Waals surface area contributed by atoms with E-state index < -0.39 is 0 Å². The molecule has 18 heavy (non-hydrogen) atoms. The molecule has 2 aromatic rings. The van der Waals surface area contributed by atoms with Crippen LogP contribution in [0.4, 0.5) is 0 Å². The highest BCUT2D eigenvalue weighted by Crippen LogP contribution is 2.21. The number of ether oxygens (including phenoxy) is 1. The molecule has 0 radical (unpaired) electrons. The molecule has 1 fully saturated rings. The van der Waals surface area contributed by atoms with Crippen molar-refractivity contribution in [2.75, 3.05) is 32.8 Å². The lowest BCUT2D eigenvalue weighted by atomic mass is 10.1. The third-order valence-electron chi connectivity index (χ3n) is 3.57. The maximum absolute atomic E-state index is 5.66. The highest BCUT2D eigenvalue weighted by Gasteiger charge is 2.11. The number of aryl methyl sites for hydroxylation is 1. The maximum atomic E-state index is 5.66. The standard InChI is InChI=1S/C15H19NO2/c1-2-5-14-13(4-1)12-18-15(14)6-3-7-16-8-10-17-11-9-16/h1-2,4-5,12H,3,6-11H2. The van der Waals surface area contributed by atoms with E-state index in [1.54, 1.807) is 0 Å². The first-order valence-corrected chi connectivity index (χ1v) is 6.69. The number of rotatable bonds is 4. The smallest absolute Gasteiger partial charge is 0.111 e. The molecule has 1 aliphatic rings. The zero-order chi connectivity index (χ0) is 12.2. The molecular formula is C15H19NO2. The fraction of sp³-hybridized carbons (Fsp3) is 0.467. The summed E-state index contributed by atoms with van der Waals surface area (Å²) in [5, 5.41) is 2.47. The van der Waals surface area contributed by atoms with Crippen molar-refractivity contribution in [3.63, 3.8) is 0 Å². The van der Waals surface area contributed by atoms with Crippen molar-refractivity contribution in [2.24, 2.45) is 0 Å². The Labute approximate surface area is 107 Å². The maximum Gasteiger partial charge on any atom is 0.111 e. The third-order valence-corrected chi connectivity index (χ3v) is 3.57. The van der Waals surface area contributed by atoms with Gasteiger partial charge in [-0.2, -0.15) is 0 Å². The van der Waals surface area contributed by atoms with Crippen LogP contribution in [0, 0.1) is 0 Å². The van der Waals surface area contributed by atoms with Crippen molar-refractivity contribution in [3.8, 4) is 0 Å². The van der Waals surface area contributed by atoms with Crippen LogP contribution < -0.4 is 0 Å². The summed E-state index contributed by atoms with van der Waals surface area (Å²) in [6.07, 6.45) is 4.03. The molecule has 0 saturated carbocycles. The SMILES string of the molecule is c1ccc2c(CCCN3CCOCC3)occ2c1. The first kappa shape index (κ1) is 11.8. The van der Waals surface area contributed by atoms with E-state index in [4.69, 9.17) is 9.15 Å². The molecular weight excluding hydrogens is 226 g/mol. The fourth-order valence-corrected chi connectivity index (χ4v) is 2.53. The second kappa shape index (κ2) is 5.55. The zero-order valence-electron chi connectivity index (χ0n) is 10.6. The topological polar surface area (TPSA) is 25.6 Å². The van der Waals surface area contributed by atoms with Crippen LogP contribution in [0.3, 0.4) is 0 Å². The number of benzene rings is 1. The first-order valence-electron chi connectivity index (χ1n) is 6.69. The summed E-state index contributed by atoms with van der Waals surface area (Å²) in [6.45, 7) is 5.03. The van der Waals surface area contributed by atoms with Gasteiger partial charge in [0.15, 0.2) is 0 Å². The Kier molecular flexibility index (Phi) is 3.62. The summed E-state index contributed by atoms with van der Waals surface area (Å²) in [7, 11) is 0. The van der Waals surface area contributed by atoms with Crippen molar-refractivity contribution < 1.29 is 9.15 Å². The molecule has 1 aliphatic heterocycles. The van der Waals surface area contributed by atoms with Gasteiger partial charge in [0.25, 0.3) is 0 Å². The average molecular weight is 245 g/mol. The Hall–Kier alpha value is -1.32. The van der Waals surface area contributed by atoms with E-state index >= 15 is 0 Å². The largest absolute Gasteiger partial charge is 0.468 e. The number of nitrogens with zero attached hydrogens (tertiary/aromatic N) is 1. The van der Waals surface area contributed by atoms with Crippen molar-refractivity contribution in [1.29, 1.82) is 0 Å². The van der Waals surface area contributed by atoms with Crippen LogP contribution in [0.15, 0.2) is 34.9 Å². The molecule has 3 nitrogen and oxygen atoms in total. The number of furan rings is 1. The third kappa shape index (κ3) is 2.57. The molecule has 3 rings (SSSR count). The predicted octanol–water partition coefficient (Wildman–Crippen LogP) is 2.70. The number of fused-ring (bicyclic) bond motifs is 1. The average Bonchev–Trinajstić information content (AvgIpc) is 2.84. The fourth-order valence-electron chi connectivity index (χ4n) is 2.53. The number of morpholine rings is 1. The van der Waals surface area contributed by atoms with E-state index in [2.05, 4.69) is 29.2 Å². The van der Waals surface area contributed by atoms with Gasteiger partial charge in [0.05, 0.1) is 19.5 Å². The quantitative estimate of drug-likeness (QED) is 0.828. The van der Waals surface area contributed by atoms with Crippen LogP contribution in [-0.2, 0) is 11.2 Å². The molecule has 0 atom stereocenters. The molecule has 0 amide bonds. The second-order valence-electron chi connectivity index (χ2n) is 4.80. The summed E-state index contributed by atoms with van der Waals surface area (Å²) in [5.74, 6) is 1.12. The van der Waals surface area contributed by atoms with Crippen molar-refractivity contribution in [3.05, 3.63) is 36.3 Å². The number of hydrogen-bond acceptors (Lipinski definition) is 3. The van der Waals surface area contributed by atoms with Crippen LogP contribution in [-0.4, -0.2) is 37.7 Å². The minimum absolute atomic E-state index is 0.879. The minimum Gasteiger partial charge on any atom is -0.468 e. The summed E-state index contributed by atoms with van der Waals surface area (Å²) in [5.41, 5.74) is 0. The van der Waals surface area contributed by atoms with Gasteiger partial charge < -0.3 is 9.15 Å². The van der Waals surface area contributed by atoms with E-state index in [1.165, 1.54) is 10.8 Å². The predicted molar refractivity (Wildman–Crippen MR) is 71.8 cm³/mol. The molecule has 1 aromatic carbocycles. The van der Waals surface area contributed by atoms with Gasteiger partial charge in [0.1, 0.15) is 5.76 Å². The first-order chi connectivity index (χ1) is 8.93. The van der Waals surface area contributed by atoms with Gasteiger partial charge in [0, 0.05) is 30.3 Å². The molecule has 2 heterocycles. The molecule has 0 spiro atoms. The van der Waals surface area contributed by atoms with Gasteiger partial charge in [0.2, 0.25) is 0 Å². The molecule has 0 unspecified atom stereocenters. The molecule has 0 bridgehead atoms. The van der Waals surface area contributed by atoms with Crippen molar-refractivity contribution in [1.82, 2.24) is 4.90 Å². The molecule has 0 N–H and O–H groups in total. The van der Waals surface area contributed by atoms with E-state index in [1.807, 2.05) is 6.26 Å². The molecule has 3 heteroatoms. The lowest BCUT2D eigenvalue weighted by Crippen LogP contribution is -2.36. The van der Waals surface area contributed by atoms with E-state index in [0.29, 0.717) is 0 Å².